The number of carbonyl (C=O) groups excluding carboxylic acids is 1. The van der Waals surface area contributed by atoms with Crippen molar-refractivity contribution >= 4 is 5.91 Å². The molecule has 2 aromatic rings. The second-order valence-electron chi connectivity index (χ2n) is 6.50. The zero-order valence-corrected chi connectivity index (χ0v) is 15.0. The lowest BCUT2D eigenvalue weighted by Crippen LogP contribution is -2.29. The molecule has 2 aromatic carbocycles. The molecule has 1 amide bonds. The SMILES string of the molecule is CCOc1cc(C(=O)NC(c2ccc(C)cc2)C2CC2)ccc1OC. The summed E-state index contributed by atoms with van der Waals surface area (Å²) in [6.45, 7) is 4.50. The Labute approximate surface area is 149 Å². The monoisotopic (exact) mass is 339 g/mol. The highest BCUT2D eigenvalue weighted by Crippen LogP contribution is 2.41. The second kappa shape index (κ2) is 7.60. The third-order valence-corrected chi connectivity index (χ3v) is 4.54. The Kier molecular flexibility index (Phi) is 5.27. The third-order valence-electron chi connectivity index (χ3n) is 4.54. The number of rotatable bonds is 7. The average Bonchev–Trinajstić information content (AvgIpc) is 3.45. The first-order valence-corrected chi connectivity index (χ1v) is 8.80. The molecular weight excluding hydrogens is 314 g/mol. The van der Waals surface area contributed by atoms with E-state index in [1.807, 2.05) is 6.92 Å². The maximum atomic E-state index is 12.8. The molecule has 1 fully saturated rings. The van der Waals surface area contributed by atoms with E-state index in [0.717, 1.165) is 12.8 Å². The van der Waals surface area contributed by atoms with Gasteiger partial charge in [0.15, 0.2) is 11.5 Å². The van der Waals surface area contributed by atoms with Gasteiger partial charge in [0.25, 0.3) is 5.91 Å². The van der Waals surface area contributed by atoms with Gasteiger partial charge in [-0.05, 0) is 56.4 Å². The summed E-state index contributed by atoms with van der Waals surface area (Å²) < 4.78 is 10.9. The first-order valence-electron chi connectivity index (χ1n) is 8.80. The first-order chi connectivity index (χ1) is 12.1. The fourth-order valence-electron chi connectivity index (χ4n) is 2.99. The first kappa shape index (κ1) is 17.3. The van der Waals surface area contributed by atoms with Gasteiger partial charge in [-0.1, -0.05) is 29.8 Å². The summed E-state index contributed by atoms with van der Waals surface area (Å²) in [5.41, 5.74) is 2.98. The topological polar surface area (TPSA) is 47.6 Å². The molecule has 1 unspecified atom stereocenters. The van der Waals surface area contributed by atoms with Crippen molar-refractivity contribution in [2.45, 2.75) is 32.7 Å². The van der Waals surface area contributed by atoms with Crippen molar-refractivity contribution < 1.29 is 14.3 Å². The molecule has 0 spiro atoms. The molecule has 0 aliphatic heterocycles. The van der Waals surface area contributed by atoms with Crippen molar-refractivity contribution in [1.82, 2.24) is 5.32 Å². The van der Waals surface area contributed by atoms with Crippen molar-refractivity contribution in [2.75, 3.05) is 13.7 Å². The molecule has 4 nitrogen and oxygen atoms in total. The molecule has 1 aliphatic rings. The lowest BCUT2D eigenvalue weighted by molar-refractivity contribution is 0.0931. The number of carbonyl (C=O) groups is 1. The number of benzene rings is 2. The van der Waals surface area contributed by atoms with Crippen LogP contribution in [0.1, 0.15) is 47.3 Å². The summed E-state index contributed by atoms with van der Waals surface area (Å²) in [6, 6.07) is 13.8. The van der Waals surface area contributed by atoms with Gasteiger partial charge in [0, 0.05) is 5.56 Å². The fraction of sp³-hybridized carbons (Fsp3) is 0.381. The Balaban J connectivity index is 1.79. The molecule has 132 valence electrons. The van der Waals surface area contributed by atoms with Gasteiger partial charge in [0.05, 0.1) is 19.8 Å². The highest BCUT2D eigenvalue weighted by Gasteiger charge is 2.33. The normalized spacial score (nSPS) is 14.7. The number of aryl methyl sites for hydroxylation is 1. The number of methoxy groups -OCH3 is 1. The summed E-state index contributed by atoms with van der Waals surface area (Å²) in [4.78, 5) is 12.8. The average molecular weight is 339 g/mol. The minimum absolute atomic E-state index is 0.0609. The van der Waals surface area contributed by atoms with Gasteiger partial charge in [0.1, 0.15) is 0 Å². The van der Waals surface area contributed by atoms with E-state index in [1.54, 1.807) is 25.3 Å². The molecule has 0 bridgehead atoms. The van der Waals surface area contributed by atoms with Crippen LogP contribution in [0.25, 0.3) is 0 Å². The zero-order valence-electron chi connectivity index (χ0n) is 15.0. The van der Waals surface area contributed by atoms with Gasteiger partial charge in [-0.3, -0.25) is 4.79 Å². The van der Waals surface area contributed by atoms with E-state index >= 15 is 0 Å². The minimum Gasteiger partial charge on any atom is -0.493 e. The predicted octanol–water partition coefficient (Wildman–Crippen LogP) is 4.28. The van der Waals surface area contributed by atoms with E-state index in [1.165, 1.54) is 11.1 Å². The van der Waals surface area contributed by atoms with Crippen LogP contribution in [0.15, 0.2) is 42.5 Å². The maximum Gasteiger partial charge on any atom is 0.251 e. The van der Waals surface area contributed by atoms with Crippen molar-refractivity contribution in [1.29, 1.82) is 0 Å². The molecule has 0 saturated heterocycles. The summed E-state index contributed by atoms with van der Waals surface area (Å²) in [5, 5.41) is 3.20. The third kappa shape index (κ3) is 4.13. The lowest BCUT2D eigenvalue weighted by Gasteiger charge is -2.19. The van der Waals surface area contributed by atoms with Crippen molar-refractivity contribution in [3.8, 4) is 11.5 Å². The summed E-state index contributed by atoms with van der Waals surface area (Å²) >= 11 is 0. The Bertz CT molecular complexity index is 735. The van der Waals surface area contributed by atoms with Gasteiger partial charge in [-0.15, -0.1) is 0 Å². The number of hydrogen-bond acceptors (Lipinski definition) is 3. The van der Waals surface area contributed by atoms with Gasteiger partial charge in [0.2, 0.25) is 0 Å². The highest BCUT2D eigenvalue weighted by molar-refractivity contribution is 5.95. The number of ether oxygens (including phenoxy) is 2. The van der Waals surface area contributed by atoms with E-state index < -0.39 is 0 Å². The Morgan fingerprint density at radius 2 is 1.88 bits per heavy atom. The number of nitrogens with one attached hydrogen (secondary N) is 1. The smallest absolute Gasteiger partial charge is 0.251 e. The van der Waals surface area contributed by atoms with E-state index in [9.17, 15) is 4.79 Å². The summed E-state index contributed by atoms with van der Waals surface area (Å²) in [5.74, 6) is 1.67. The van der Waals surface area contributed by atoms with Crippen molar-refractivity contribution in [2.24, 2.45) is 5.92 Å². The molecule has 0 aromatic heterocycles. The summed E-state index contributed by atoms with van der Waals surface area (Å²) in [7, 11) is 1.60. The Morgan fingerprint density at radius 1 is 1.16 bits per heavy atom. The molecule has 4 heteroatoms. The zero-order chi connectivity index (χ0) is 17.8. The van der Waals surface area contributed by atoms with E-state index in [0.29, 0.717) is 29.6 Å². The Morgan fingerprint density at radius 3 is 2.48 bits per heavy atom. The van der Waals surface area contributed by atoms with Crippen LogP contribution in [0.4, 0.5) is 0 Å². The van der Waals surface area contributed by atoms with E-state index in [-0.39, 0.29) is 11.9 Å². The predicted molar refractivity (Wildman–Crippen MR) is 98.3 cm³/mol. The van der Waals surface area contributed by atoms with Crippen LogP contribution in [-0.2, 0) is 0 Å². The van der Waals surface area contributed by atoms with Crippen LogP contribution in [0.2, 0.25) is 0 Å². The van der Waals surface area contributed by atoms with E-state index in [4.69, 9.17) is 9.47 Å². The van der Waals surface area contributed by atoms with E-state index in [2.05, 4.69) is 36.5 Å². The molecule has 0 heterocycles. The van der Waals surface area contributed by atoms with Crippen LogP contribution in [0, 0.1) is 12.8 Å². The number of amides is 1. The molecule has 3 rings (SSSR count). The van der Waals surface area contributed by atoms with Crippen LogP contribution in [0.5, 0.6) is 11.5 Å². The van der Waals surface area contributed by atoms with Gasteiger partial charge in [-0.2, -0.15) is 0 Å². The number of hydrogen-bond donors (Lipinski definition) is 1. The molecule has 0 radical (unpaired) electrons. The van der Waals surface area contributed by atoms with Crippen molar-refractivity contribution in [3.63, 3.8) is 0 Å². The molecular formula is C21H25NO3. The van der Waals surface area contributed by atoms with Crippen molar-refractivity contribution in [3.05, 3.63) is 59.2 Å². The highest BCUT2D eigenvalue weighted by atomic mass is 16.5. The second-order valence-corrected chi connectivity index (χ2v) is 6.50. The fourth-order valence-corrected chi connectivity index (χ4v) is 2.99. The largest absolute Gasteiger partial charge is 0.493 e. The van der Waals surface area contributed by atoms with Crippen LogP contribution in [0.3, 0.4) is 0 Å². The summed E-state index contributed by atoms with van der Waals surface area (Å²) in [6.07, 6.45) is 2.32. The quantitative estimate of drug-likeness (QED) is 0.819. The van der Waals surface area contributed by atoms with Crippen LogP contribution in [-0.4, -0.2) is 19.6 Å². The van der Waals surface area contributed by atoms with Gasteiger partial charge in [-0.25, -0.2) is 0 Å². The molecule has 1 N–H and O–H groups in total. The maximum absolute atomic E-state index is 12.8. The Hall–Kier alpha value is -2.49. The van der Waals surface area contributed by atoms with Crippen LogP contribution >= 0.6 is 0 Å². The molecule has 1 aliphatic carbocycles. The lowest BCUT2D eigenvalue weighted by atomic mass is 10.0. The molecule has 1 saturated carbocycles. The minimum atomic E-state index is -0.0823. The molecule has 1 atom stereocenters. The standard InChI is InChI=1S/C21H25NO3/c1-4-25-19-13-17(11-12-18(19)24-3)21(23)22-20(16-9-10-16)15-7-5-14(2)6-8-15/h5-8,11-13,16,20H,4,9-10H2,1-3H3,(H,22,23). The molecule has 25 heavy (non-hydrogen) atoms. The van der Waals surface area contributed by atoms with Gasteiger partial charge < -0.3 is 14.8 Å². The van der Waals surface area contributed by atoms with Crippen LogP contribution < -0.4 is 14.8 Å². The van der Waals surface area contributed by atoms with Gasteiger partial charge >= 0.3 is 0 Å².